The highest BCUT2D eigenvalue weighted by Crippen LogP contribution is 2.34. The number of alkyl halides is 9. The van der Waals surface area contributed by atoms with Crippen LogP contribution in [0.4, 0.5) is 39.5 Å². The fourth-order valence-electron chi connectivity index (χ4n) is 1.90. The van der Waals surface area contributed by atoms with E-state index in [4.69, 9.17) is 0 Å². The Morgan fingerprint density at radius 2 is 1.35 bits per heavy atom. The summed E-state index contributed by atoms with van der Waals surface area (Å²) in [5, 5.41) is 0. The molecule has 1 atom stereocenters. The van der Waals surface area contributed by atoms with Gasteiger partial charge in [0.2, 0.25) is 0 Å². The van der Waals surface area contributed by atoms with Crippen LogP contribution in [-0.2, 0) is 12.4 Å². The number of benzene rings is 1. The van der Waals surface area contributed by atoms with Crippen LogP contribution in [0.3, 0.4) is 0 Å². The fourth-order valence-corrected chi connectivity index (χ4v) is 1.90. The van der Waals surface area contributed by atoms with Gasteiger partial charge in [-0.2, -0.15) is 39.5 Å². The minimum atomic E-state index is -4.96. The average Bonchev–Trinajstić information content (AvgIpc) is 2.43. The lowest BCUT2D eigenvalue weighted by atomic mass is 9.59. The molecule has 1 aromatic rings. The summed E-state index contributed by atoms with van der Waals surface area (Å²) < 4.78 is 114. The van der Waals surface area contributed by atoms with Crippen molar-refractivity contribution in [2.45, 2.75) is 38.2 Å². The minimum absolute atomic E-state index is 0.00722. The summed E-state index contributed by atoms with van der Waals surface area (Å²) in [6, 6.07) is 1.11. The molecule has 0 bridgehead atoms. The van der Waals surface area contributed by atoms with Gasteiger partial charge in [-0.05, 0) is 18.8 Å². The molecule has 0 aliphatic carbocycles. The van der Waals surface area contributed by atoms with E-state index in [9.17, 15) is 39.5 Å². The Kier molecular flexibility index (Phi) is 6.65. The average molecular weight is 387 g/mol. The molecule has 0 amide bonds. The Labute approximate surface area is 144 Å². The SMILES string of the molecule is C/C(=C\C=C/C(C)[B]c1cc(C(F)(F)F)cc(C(F)(F)F)c1)C(F)(F)F. The normalized spacial score (nSPS) is 15.4. The number of rotatable bonds is 4. The first-order valence-corrected chi connectivity index (χ1v) is 7.17. The number of allylic oxidation sites excluding steroid dienone is 4. The molecule has 0 N–H and O–H groups in total. The van der Waals surface area contributed by atoms with Crippen LogP contribution in [0.5, 0.6) is 0 Å². The van der Waals surface area contributed by atoms with Crippen molar-refractivity contribution < 1.29 is 39.5 Å². The van der Waals surface area contributed by atoms with Gasteiger partial charge in [0.1, 0.15) is 0 Å². The van der Waals surface area contributed by atoms with E-state index in [0.717, 1.165) is 26.4 Å². The maximum absolute atomic E-state index is 12.8. The van der Waals surface area contributed by atoms with Gasteiger partial charge < -0.3 is 0 Å². The lowest BCUT2D eigenvalue weighted by Crippen LogP contribution is -2.23. The van der Waals surface area contributed by atoms with Crippen LogP contribution in [0.15, 0.2) is 42.0 Å². The molecule has 1 unspecified atom stereocenters. The fraction of sp³-hybridized carbons (Fsp3) is 0.375. The molecule has 0 nitrogen and oxygen atoms in total. The Balaban J connectivity index is 3.05. The molecular formula is C16H13BF9. The predicted molar refractivity (Wildman–Crippen MR) is 80.2 cm³/mol. The maximum atomic E-state index is 12.8. The first-order valence-electron chi connectivity index (χ1n) is 7.17. The van der Waals surface area contributed by atoms with E-state index in [-0.39, 0.29) is 11.5 Å². The summed E-state index contributed by atoms with van der Waals surface area (Å²) >= 11 is 0. The van der Waals surface area contributed by atoms with E-state index >= 15 is 0 Å². The molecule has 10 heteroatoms. The molecule has 0 aromatic heterocycles. The first kappa shape index (κ1) is 22.2. The Morgan fingerprint density at radius 3 is 1.73 bits per heavy atom. The molecule has 1 rings (SSSR count). The third-order valence-corrected chi connectivity index (χ3v) is 3.27. The molecule has 0 saturated carbocycles. The van der Waals surface area contributed by atoms with Gasteiger partial charge in [-0.15, -0.1) is 0 Å². The lowest BCUT2D eigenvalue weighted by Gasteiger charge is -2.15. The minimum Gasteiger partial charge on any atom is -0.166 e. The molecular weight excluding hydrogens is 374 g/mol. The highest BCUT2D eigenvalue weighted by molar-refractivity contribution is 6.55. The molecule has 1 radical (unpaired) electrons. The first-order chi connectivity index (χ1) is 11.6. The molecule has 0 fully saturated rings. The predicted octanol–water partition coefficient (Wildman–Crippen LogP) is 5.93. The molecule has 0 aliphatic heterocycles. The summed E-state index contributed by atoms with van der Waals surface area (Å²) in [7, 11) is 1.09. The van der Waals surface area contributed by atoms with Crippen LogP contribution in [0.1, 0.15) is 25.0 Å². The monoisotopic (exact) mass is 387 g/mol. The van der Waals surface area contributed by atoms with Gasteiger partial charge in [0.25, 0.3) is 0 Å². The largest absolute Gasteiger partial charge is 0.416 e. The number of halogens is 9. The van der Waals surface area contributed by atoms with E-state index in [1.165, 1.54) is 13.0 Å². The van der Waals surface area contributed by atoms with Crippen molar-refractivity contribution in [2.75, 3.05) is 0 Å². The maximum Gasteiger partial charge on any atom is 0.416 e. The molecule has 0 aliphatic rings. The van der Waals surface area contributed by atoms with Gasteiger partial charge >= 0.3 is 18.5 Å². The van der Waals surface area contributed by atoms with Crippen molar-refractivity contribution in [3.63, 3.8) is 0 Å². The van der Waals surface area contributed by atoms with E-state index in [1.54, 1.807) is 0 Å². The summed E-state index contributed by atoms with van der Waals surface area (Å²) in [6.45, 7) is 2.25. The van der Waals surface area contributed by atoms with Crippen molar-refractivity contribution >= 4 is 12.7 Å². The zero-order valence-electron chi connectivity index (χ0n) is 13.5. The van der Waals surface area contributed by atoms with Gasteiger partial charge in [0, 0.05) is 5.57 Å². The van der Waals surface area contributed by atoms with Crippen LogP contribution in [0.2, 0.25) is 5.82 Å². The van der Waals surface area contributed by atoms with Crippen LogP contribution < -0.4 is 5.46 Å². The quantitative estimate of drug-likeness (QED) is 0.342. The number of hydrogen-bond acceptors (Lipinski definition) is 0. The van der Waals surface area contributed by atoms with E-state index in [2.05, 4.69) is 0 Å². The van der Waals surface area contributed by atoms with Crippen molar-refractivity contribution in [3.8, 4) is 0 Å². The zero-order valence-corrected chi connectivity index (χ0v) is 13.5. The highest BCUT2D eigenvalue weighted by atomic mass is 19.4. The van der Waals surface area contributed by atoms with E-state index in [1.807, 2.05) is 0 Å². The highest BCUT2D eigenvalue weighted by Gasteiger charge is 2.36. The molecule has 143 valence electrons. The van der Waals surface area contributed by atoms with E-state index in [0.29, 0.717) is 12.1 Å². The standard InChI is InChI=1S/C16H13BF9/c1-9(14(18,19)20)4-3-5-10(2)17-13-7-11(15(21,22)23)6-12(8-13)16(24,25)26/h3-8,10H,1-2H3/b5-3-,9-4+. The molecule has 1 aromatic carbocycles. The Morgan fingerprint density at radius 1 is 0.885 bits per heavy atom. The molecule has 0 spiro atoms. The Hall–Kier alpha value is -1.87. The Bertz CT molecular complexity index is 646. The van der Waals surface area contributed by atoms with Crippen molar-refractivity contribution in [2.24, 2.45) is 0 Å². The molecule has 0 saturated heterocycles. The number of hydrogen-bond donors (Lipinski definition) is 0. The second kappa shape index (κ2) is 7.79. The summed E-state index contributed by atoms with van der Waals surface area (Å²) in [6.07, 6.45) is -11.4. The van der Waals surface area contributed by atoms with E-state index < -0.39 is 41.0 Å². The van der Waals surface area contributed by atoms with Crippen LogP contribution in [0.25, 0.3) is 0 Å². The van der Waals surface area contributed by atoms with Crippen molar-refractivity contribution in [1.82, 2.24) is 0 Å². The van der Waals surface area contributed by atoms with Gasteiger partial charge in [-0.3, -0.25) is 0 Å². The topological polar surface area (TPSA) is 0 Å². The van der Waals surface area contributed by atoms with Gasteiger partial charge in [0.05, 0.1) is 11.1 Å². The third-order valence-electron chi connectivity index (χ3n) is 3.27. The third kappa shape index (κ3) is 6.80. The van der Waals surface area contributed by atoms with Gasteiger partial charge in [-0.25, -0.2) is 0 Å². The summed E-state index contributed by atoms with van der Waals surface area (Å²) in [5.74, 6) is -0.697. The van der Waals surface area contributed by atoms with Crippen LogP contribution >= 0.6 is 0 Å². The smallest absolute Gasteiger partial charge is 0.166 e. The van der Waals surface area contributed by atoms with Gasteiger partial charge in [0.15, 0.2) is 7.28 Å². The lowest BCUT2D eigenvalue weighted by molar-refractivity contribution is -0.143. The van der Waals surface area contributed by atoms with Gasteiger partial charge in [-0.1, -0.05) is 42.7 Å². The molecule has 0 heterocycles. The second-order valence-electron chi connectivity index (χ2n) is 5.60. The summed E-state index contributed by atoms with van der Waals surface area (Å²) in [5.41, 5.74) is -4.13. The zero-order chi connectivity index (χ0) is 20.3. The summed E-state index contributed by atoms with van der Waals surface area (Å²) in [4.78, 5) is 0. The van der Waals surface area contributed by atoms with Crippen molar-refractivity contribution in [3.05, 3.63) is 53.1 Å². The molecule has 26 heavy (non-hydrogen) atoms. The van der Waals surface area contributed by atoms with Crippen molar-refractivity contribution in [1.29, 1.82) is 0 Å². The van der Waals surface area contributed by atoms with Crippen LogP contribution in [0, 0.1) is 0 Å². The van der Waals surface area contributed by atoms with Crippen LogP contribution in [-0.4, -0.2) is 13.5 Å². The second-order valence-corrected chi connectivity index (χ2v) is 5.60.